The fourth-order valence-corrected chi connectivity index (χ4v) is 2.37. The van der Waals surface area contributed by atoms with E-state index < -0.39 is 6.10 Å². The summed E-state index contributed by atoms with van der Waals surface area (Å²) < 4.78 is 5.59. The zero-order chi connectivity index (χ0) is 16.1. The molecular weight excluding hydrogens is 321 g/mol. The van der Waals surface area contributed by atoms with Crippen molar-refractivity contribution < 1.29 is 9.53 Å². The minimum atomic E-state index is -0.625. The van der Waals surface area contributed by atoms with Crippen LogP contribution in [0.4, 0.5) is 0 Å². The second kappa shape index (κ2) is 7.52. The predicted octanol–water partition coefficient (Wildman–Crippen LogP) is 4.64. The van der Waals surface area contributed by atoms with Crippen molar-refractivity contribution in [2.24, 2.45) is 0 Å². The smallest absolute Gasteiger partial charge is 0.261 e. The van der Waals surface area contributed by atoms with Gasteiger partial charge in [0.05, 0.1) is 6.04 Å². The Bertz CT molecular complexity index is 661. The molecule has 116 valence electrons. The molecule has 5 heteroatoms. The van der Waals surface area contributed by atoms with Gasteiger partial charge >= 0.3 is 0 Å². The Kier molecular flexibility index (Phi) is 5.69. The summed E-state index contributed by atoms with van der Waals surface area (Å²) in [5.74, 6) is 0.359. The number of benzene rings is 2. The van der Waals surface area contributed by atoms with E-state index in [1.165, 1.54) is 0 Å². The normalized spacial score (nSPS) is 13.3. The van der Waals surface area contributed by atoms with Gasteiger partial charge in [0.25, 0.3) is 5.91 Å². The number of nitrogens with one attached hydrogen (secondary N) is 1. The lowest BCUT2D eigenvalue weighted by Gasteiger charge is -2.19. The SMILES string of the molecule is CC(Oc1cccc(Cl)c1)C(=O)NC(C)c1cccc(Cl)c1. The van der Waals surface area contributed by atoms with E-state index in [0.717, 1.165) is 5.56 Å². The van der Waals surface area contributed by atoms with Gasteiger partial charge in [0.15, 0.2) is 6.10 Å². The second-order valence-corrected chi connectivity index (χ2v) is 5.88. The third kappa shape index (κ3) is 4.65. The minimum Gasteiger partial charge on any atom is -0.481 e. The predicted molar refractivity (Wildman–Crippen MR) is 89.6 cm³/mol. The van der Waals surface area contributed by atoms with Gasteiger partial charge in [-0.3, -0.25) is 4.79 Å². The fraction of sp³-hybridized carbons (Fsp3) is 0.235. The lowest BCUT2D eigenvalue weighted by Crippen LogP contribution is -2.37. The molecule has 0 saturated carbocycles. The number of carbonyl (C=O) groups is 1. The summed E-state index contributed by atoms with van der Waals surface area (Å²) in [4.78, 5) is 12.2. The van der Waals surface area contributed by atoms with Crippen molar-refractivity contribution >= 4 is 29.1 Å². The highest BCUT2D eigenvalue weighted by Gasteiger charge is 2.18. The average Bonchev–Trinajstić information content (AvgIpc) is 2.47. The van der Waals surface area contributed by atoms with Crippen LogP contribution in [0.2, 0.25) is 10.0 Å². The molecule has 2 atom stereocenters. The minimum absolute atomic E-state index is 0.156. The van der Waals surface area contributed by atoms with E-state index in [9.17, 15) is 4.79 Å². The summed E-state index contributed by atoms with van der Waals surface area (Å²) >= 11 is 11.9. The van der Waals surface area contributed by atoms with Crippen molar-refractivity contribution in [2.75, 3.05) is 0 Å². The van der Waals surface area contributed by atoms with Crippen LogP contribution in [-0.4, -0.2) is 12.0 Å². The molecule has 2 rings (SSSR count). The molecule has 22 heavy (non-hydrogen) atoms. The molecule has 2 aromatic carbocycles. The molecular formula is C17H17Cl2NO2. The van der Waals surface area contributed by atoms with E-state index in [2.05, 4.69) is 5.32 Å². The maximum atomic E-state index is 12.2. The Balaban J connectivity index is 1.96. The van der Waals surface area contributed by atoms with E-state index in [0.29, 0.717) is 15.8 Å². The maximum Gasteiger partial charge on any atom is 0.261 e. The van der Waals surface area contributed by atoms with E-state index >= 15 is 0 Å². The molecule has 0 radical (unpaired) electrons. The third-order valence-corrected chi connectivity index (χ3v) is 3.66. The zero-order valence-electron chi connectivity index (χ0n) is 12.3. The van der Waals surface area contributed by atoms with Crippen LogP contribution in [0.5, 0.6) is 5.75 Å². The third-order valence-electron chi connectivity index (χ3n) is 3.19. The van der Waals surface area contributed by atoms with Gasteiger partial charge in [-0.15, -0.1) is 0 Å². The Morgan fingerprint density at radius 3 is 2.32 bits per heavy atom. The van der Waals surface area contributed by atoms with Crippen molar-refractivity contribution in [3.8, 4) is 5.75 Å². The van der Waals surface area contributed by atoms with Gasteiger partial charge in [-0.1, -0.05) is 41.4 Å². The summed E-state index contributed by atoms with van der Waals surface area (Å²) in [6.07, 6.45) is -0.625. The zero-order valence-corrected chi connectivity index (χ0v) is 13.9. The standard InChI is InChI=1S/C17H17Cl2NO2/c1-11(13-5-3-6-14(18)9-13)20-17(21)12(2)22-16-8-4-7-15(19)10-16/h3-12H,1-2H3,(H,20,21). The molecule has 0 bridgehead atoms. The lowest BCUT2D eigenvalue weighted by molar-refractivity contribution is -0.127. The molecule has 0 aliphatic heterocycles. The second-order valence-electron chi connectivity index (χ2n) is 5.00. The van der Waals surface area contributed by atoms with Crippen LogP contribution in [0.15, 0.2) is 48.5 Å². The molecule has 0 aromatic heterocycles. The quantitative estimate of drug-likeness (QED) is 0.863. The first kappa shape index (κ1) is 16.7. The van der Waals surface area contributed by atoms with Crippen molar-refractivity contribution in [3.05, 3.63) is 64.1 Å². The van der Waals surface area contributed by atoms with Gasteiger partial charge in [-0.2, -0.15) is 0 Å². The Labute approximate surface area is 140 Å². The van der Waals surface area contributed by atoms with E-state index in [1.54, 1.807) is 37.3 Å². The number of amides is 1. The summed E-state index contributed by atoms with van der Waals surface area (Å²) in [6.45, 7) is 3.59. The lowest BCUT2D eigenvalue weighted by atomic mass is 10.1. The maximum absolute atomic E-state index is 12.2. The van der Waals surface area contributed by atoms with Gasteiger partial charge < -0.3 is 10.1 Å². The van der Waals surface area contributed by atoms with Crippen LogP contribution in [0.3, 0.4) is 0 Å². The van der Waals surface area contributed by atoms with Crippen LogP contribution in [-0.2, 0) is 4.79 Å². The molecule has 0 saturated heterocycles. The van der Waals surface area contributed by atoms with Crippen LogP contribution in [0.1, 0.15) is 25.5 Å². The van der Waals surface area contributed by atoms with E-state index in [4.69, 9.17) is 27.9 Å². The Morgan fingerprint density at radius 1 is 1.05 bits per heavy atom. The molecule has 3 nitrogen and oxygen atoms in total. The van der Waals surface area contributed by atoms with Crippen LogP contribution >= 0.6 is 23.2 Å². The van der Waals surface area contributed by atoms with Gasteiger partial charge in [0, 0.05) is 10.0 Å². The van der Waals surface area contributed by atoms with Crippen LogP contribution < -0.4 is 10.1 Å². The van der Waals surface area contributed by atoms with E-state index in [1.807, 2.05) is 25.1 Å². The molecule has 2 unspecified atom stereocenters. The van der Waals surface area contributed by atoms with Crippen molar-refractivity contribution in [2.45, 2.75) is 26.0 Å². The fourth-order valence-electron chi connectivity index (χ4n) is 1.99. The number of ether oxygens (including phenoxy) is 1. The molecule has 0 spiro atoms. The number of hydrogen-bond acceptors (Lipinski definition) is 2. The highest BCUT2D eigenvalue weighted by atomic mass is 35.5. The number of rotatable bonds is 5. The topological polar surface area (TPSA) is 38.3 Å². The summed E-state index contributed by atoms with van der Waals surface area (Å²) in [7, 11) is 0. The largest absolute Gasteiger partial charge is 0.481 e. The van der Waals surface area contributed by atoms with Crippen LogP contribution in [0, 0.1) is 0 Å². The first-order valence-electron chi connectivity index (χ1n) is 6.94. The molecule has 1 amide bonds. The van der Waals surface area contributed by atoms with Crippen LogP contribution in [0.25, 0.3) is 0 Å². The van der Waals surface area contributed by atoms with Crippen molar-refractivity contribution in [1.29, 1.82) is 0 Å². The molecule has 0 aliphatic carbocycles. The number of halogens is 2. The molecule has 0 fully saturated rings. The Morgan fingerprint density at radius 2 is 1.68 bits per heavy atom. The van der Waals surface area contributed by atoms with Gasteiger partial charge in [0.2, 0.25) is 0 Å². The molecule has 2 aromatic rings. The van der Waals surface area contributed by atoms with E-state index in [-0.39, 0.29) is 11.9 Å². The van der Waals surface area contributed by atoms with Gasteiger partial charge in [-0.25, -0.2) is 0 Å². The summed E-state index contributed by atoms with van der Waals surface area (Å²) in [5, 5.41) is 4.11. The van der Waals surface area contributed by atoms with Crippen molar-refractivity contribution in [3.63, 3.8) is 0 Å². The first-order valence-corrected chi connectivity index (χ1v) is 7.69. The Hall–Kier alpha value is -1.71. The molecule has 0 aliphatic rings. The highest BCUT2D eigenvalue weighted by Crippen LogP contribution is 2.20. The first-order chi connectivity index (χ1) is 10.5. The van der Waals surface area contributed by atoms with Gasteiger partial charge in [0.1, 0.15) is 5.75 Å². The average molecular weight is 338 g/mol. The summed E-state index contributed by atoms with van der Waals surface area (Å²) in [6, 6.07) is 14.2. The monoisotopic (exact) mass is 337 g/mol. The number of carbonyl (C=O) groups excluding carboxylic acids is 1. The molecule has 1 N–H and O–H groups in total. The highest BCUT2D eigenvalue weighted by molar-refractivity contribution is 6.30. The van der Waals surface area contributed by atoms with Crippen molar-refractivity contribution in [1.82, 2.24) is 5.32 Å². The summed E-state index contributed by atoms with van der Waals surface area (Å²) in [5.41, 5.74) is 0.941. The molecule has 0 heterocycles. The number of hydrogen-bond donors (Lipinski definition) is 1. The van der Waals surface area contributed by atoms with Gasteiger partial charge in [-0.05, 0) is 49.7 Å².